The van der Waals surface area contributed by atoms with Crippen LogP contribution in [-0.2, 0) is 0 Å². The number of nitrogens with one attached hydrogen (secondary N) is 1. The summed E-state index contributed by atoms with van der Waals surface area (Å²) in [5.74, 6) is -1.13. The number of aliphatic hydroxyl groups is 1. The molecule has 0 heterocycles. The monoisotopic (exact) mass is 393 g/mol. The quantitative estimate of drug-likeness (QED) is 0.724. The molecule has 144 valence electrons. The first-order valence-corrected chi connectivity index (χ1v) is 9.14. The van der Waals surface area contributed by atoms with E-state index < -0.39 is 23.1 Å². The number of carbonyl (C=O) groups is 1. The zero-order valence-electron chi connectivity index (χ0n) is 14.6. The van der Waals surface area contributed by atoms with Crippen molar-refractivity contribution in [1.82, 2.24) is 5.32 Å². The molecule has 1 fully saturated rings. The van der Waals surface area contributed by atoms with Crippen LogP contribution in [-0.4, -0.2) is 34.4 Å². The molecule has 0 spiro atoms. The molecule has 0 aromatic heterocycles. The fraction of sp³-hybridized carbons (Fsp3) is 0.350. The van der Waals surface area contributed by atoms with Gasteiger partial charge in [-0.1, -0.05) is 11.6 Å². The van der Waals surface area contributed by atoms with E-state index in [1.807, 2.05) is 0 Å². The number of aromatic hydroxyl groups is 1. The van der Waals surface area contributed by atoms with Gasteiger partial charge in [-0.2, -0.15) is 0 Å². The van der Waals surface area contributed by atoms with Gasteiger partial charge in [-0.25, -0.2) is 4.39 Å². The van der Waals surface area contributed by atoms with Crippen LogP contribution < -0.4 is 10.1 Å². The summed E-state index contributed by atoms with van der Waals surface area (Å²) >= 11 is 5.86. The lowest BCUT2D eigenvalue weighted by Gasteiger charge is -2.36. The summed E-state index contributed by atoms with van der Waals surface area (Å²) < 4.78 is 19.3. The molecule has 0 unspecified atom stereocenters. The summed E-state index contributed by atoms with van der Waals surface area (Å²) in [6.07, 6.45) is 2.27. The average Bonchev–Trinajstić information content (AvgIpc) is 2.66. The van der Waals surface area contributed by atoms with Gasteiger partial charge in [0, 0.05) is 17.1 Å². The predicted octanol–water partition coefficient (Wildman–Crippen LogP) is 3.67. The Hall–Kier alpha value is -2.31. The van der Waals surface area contributed by atoms with Crippen LogP contribution in [0.2, 0.25) is 5.02 Å². The van der Waals surface area contributed by atoms with Gasteiger partial charge in [0.15, 0.2) is 11.6 Å². The number of benzene rings is 2. The molecule has 27 heavy (non-hydrogen) atoms. The molecule has 1 amide bonds. The Morgan fingerprint density at radius 2 is 1.89 bits per heavy atom. The summed E-state index contributed by atoms with van der Waals surface area (Å²) in [6.45, 7) is 0.0714. The Morgan fingerprint density at radius 3 is 2.52 bits per heavy atom. The maximum Gasteiger partial charge on any atom is 0.251 e. The highest BCUT2D eigenvalue weighted by Crippen LogP contribution is 2.31. The summed E-state index contributed by atoms with van der Waals surface area (Å²) in [5, 5.41) is 23.1. The third-order valence-corrected chi connectivity index (χ3v) is 5.02. The van der Waals surface area contributed by atoms with Gasteiger partial charge in [0.2, 0.25) is 0 Å². The Kier molecular flexibility index (Phi) is 5.87. The Morgan fingerprint density at radius 1 is 1.22 bits per heavy atom. The second kappa shape index (κ2) is 8.15. The van der Waals surface area contributed by atoms with E-state index in [1.165, 1.54) is 6.07 Å². The van der Waals surface area contributed by atoms with Gasteiger partial charge in [-0.05, 0) is 68.1 Å². The number of carbonyl (C=O) groups excluding carboxylic acids is 1. The molecule has 1 aliphatic rings. The summed E-state index contributed by atoms with van der Waals surface area (Å²) in [5.41, 5.74) is -0.931. The zero-order chi connectivity index (χ0) is 19.4. The fourth-order valence-electron chi connectivity index (χ4n) is 3.12. The fourth-order valence-corrected chi connectivity index (χ4v) is 3.25. The van der Waals surface area contributed by atoms with Crippen LogP contribution in [0.1, 0.15) is 36.0 Å². The van der Waals surface area contributed by atoms with E-state index in [2.05, 4.69) is 5.32 Å². The van der Waals surface area contributed by atoms with E-state index in [0.29, 0.717) is 30.7 Å². The van der Waals surface area contributed by atoms with Gasteiger partial charge in [-0.3, -0.25) is 4.79 Å². The van der Waals surface area contributed by atoms with Gasteiger partial charge in [-0.15, -0.1) is 0 Å². The minimum Gasteiger partial charge on any atom is -0.505 e. The van der Waals surface area contributed by atoms with Crippen molar-refractivity contribution in [2.24, 2.45) is 0 Å². The van der Waals surface area contributed by atoms with Crippen molar-refractivity contribution in [3.8, 4) is 11.5 Å². The maximum absolute atomic E-state index is 13.4. The number of rotatable bonds is 5. The number of halogens is 2. The van der Waals surface area contributed by atoms with Crippen LogP contribution >= 0.6 is 11.6 Å². The van der Waals surface area contributed by atoms with Crippen LogP contribution in [0.4, 0.5) is 4.39 Å². The number of hydrogen-bond donors (Lipinski definition) is 3. The molecule has 7 heteroatoms. The lowest BCUT2D eigenvalue weighted by atomic mass is 9.83. The number of phenols is 1. The summed E-state index contributed by atoms with van der Waals surface area (Å²) in [7, 11) is 0. The van der Waals surface area contributed by atoms with E-state index in [1.54, 1.807) is 24.3 Å². The van der Waals surface area contributed by atoms with E-state index in [-0.39, 0.29) is 18.2 Å². The molecule has 0 saturated heterocycles. The minimum absolute atomic E-state index is 0.00616. The lowest BCUT2D eigenvalue weighted by molar-refractivity contribution is -0.0234. The number of ether oxygens (including phenoxy) is 1. The first-order chi connectivity index (χ1) is 12.8. The van der Waals surface area contributed by atoms with E-state index in [9.17, 15) is 19.4 Å². The molecule has 0 aliphatic heterocycles. The van der Waals surface area contributed by atoms with Crippen LogP contribution in [0.3, 0.4) is 0 Å². The second-order valence-electron chi connectivity index (χ2n) is 6.84. The Balaban J connectivity index is 1.49. The van der Waals surface area contributed by atoms with Gasteiger partial charge in [0.1, 0.15) is 5.75 Å². The van der Waals surface area contributed by atoms with Gasteiger partial charge >= 0.3 is 0 Å². The highest BCUT2D eigenvalue weighted by molar-refractivity contribution is 6.30. The molecule has 1 aliphatic carbocycles. The third-order valence-electron chi connectivity index (χ3n) is 4.77. The lowest BCUT2D eigenvalue weighted by Crippen LogP contribution is -2.46. The van der Waals surface area contributed by atoms with Crippen molar-refractivity contribution < 1.29 is 24.1 Å². The summed E-state index contributed by atoms with van der Waals surface area (Å²) in [6, 6.07) is 10.5. The van der Waals surface area contributed by atoms with E-state index in [4.69, 9.17) is 16.3 Å². The third kappa shape index (κ3) is 5.11. The van der Waals surface area contributed by atoms with Crippen molar-refractivity contribution >= 4 is 17.5 Å². The standard InChI is InChI=1S/C20H21ClFNO4/c21-14-2-4-15(5-3-14)27-16-7-9-20(26,10-8-16)12-23-19(25)13-1-6-18(24)17(22)11-13/h1-6,11,16,24,26H,7-10,12H2,(H,23,25)/t16-,20-. The second-order valence-corrected chi connectivity index (χ2v) is 7.28. The predicted molar refractivity (Wildman–Crippen MR) is 99.7 cm³/mol. The molecule has 3 N–H and O–H groups in total. The van der Waals surface area contributed by atoms with Crippen molar-refractivity contribution in [1.29, 1.82) is 0 Å². The molecule has 1 saturated carbocycles. The number of phenolic OH excluding ortho intramolecular Hbond substituents is 1. The van der Waals surface area contributed by atoms with Crippen molar-refractivity contribution in [2.75, 3.05) is 6.54 Å². The molecular formula is C20H21ClFNO4. The van der Waals surface area contributed by atoms with E-state index in [0.717, 1.165) is 17.9 Å². The molecule has 2 aromatic rings. The van der Waals surface area contributed by atoms with Gasteiger partial charge in [0.05, 0.1) is 11.7 Å². The van der Waals surface area contributed by atoms with Gasteiger partial charge < -0.3 is 20.3 Å². The SMILES string of the molecule is O=C(NC[C@]1(O)CC[C@H](Oc2ccc(Cl)cc2)CC1)c1ccc(O)c(F)c1. The number of amides is 1. The Labute approximate surface area is 161 Å². The molecule has 2 aromatic carbocycles. The molecule has 5 nitrogen and oxygen atoms in total. The first kappa shape index (κ1) is 19.5. The van der Waals surface area contributed by atoms with Crippen molar-refractivity contribution in [3.05, 3.63) is 58.9 Å². The number of hydrogen-bond acceptors (Lipinski definition) is 4. The average molecular weight is 394 g/mol. The van der Waals surface area contributed by atoms with Crippen LogP contribution in [0.5, 0.6) is 11.5 Å². The normalized spacial score (nSPS) is 22.3. The molecule has 0 atom stereocenters. The Bertz CT molecular complexity index is 804. The van der Waals surface area contributed by atoms with Crippen LogP contribution in [0, 0.1) is 5.82 Å². The minimum atomic E-state index is -1.02. The maximum atomic E-state index is 13.4. The highest BCUT2D eigenvalue weighted by Gasteiger charge is 2.34. The molecule has 3 rings (SSSR count). The molecule has 0 radical (unpaired) electrons. The first-order valence-electron chi connectivity index (χ1n) is 8.76. The van der Waals surface area contributed by atoms with E-state index >= 15 is 0 Å². The van der Waals surface area contributed by atoms with Crippen molar-refractivity contribution in [3.63, 3.8) is 0 Å². The molecule has 0 bridgehead atoms. The van der Waals surface area contributed by atoms with Crippen LogP contribution in [0.25, 0.3) is 0 Å². The largest absolute Gasteiger partial charge is 0.505 e. The molecular weight excluding hydrogens is 373 g/mol. The van der Waals surface area contributed by atoms with Gasteiger partial charge in [0.25, 0.3) is 5.91 Å². The topological polar surface area (TPSA) is 78.8 Å². The zero-order valence-corrected chi connectivity index (χ0v) is 15.4. The highest BCUT2D eigenvalue weighted by atomic mass is 35.5. The van der Waals surface area contributed by atoms with Crippen molar-refractivity contribution in [2.45, 2.75) is 37.4 Å². The summed E-state index contributed by atoms with van der Waals surface area (Å²) in [4.78, 5) is 12.1. The smallest absolute Gasteiger partial charge is 0.251 e. The van der Waals surface area contributed by atoms with Crippen LogP contribution in [0.15, 0.2) is 42.5 Å².